The van der Waals surface area contributed by atoms with Crippen molar-refractivity contribution in [1.29, 1.82) is 0 Å². The van der Waals surface area contributed by atoms with Crippen molar-refractivity contribution in [1.82, 2.24) is 4.90 Å². The summed E-state index contributed by atoms with van der Waals surface area (Å²) in [5, 5.41) is 2.97. The van der Waals surface area contributed by atoms with Gasteiger partial charge in [-0.25, -0.2) is 0 Å². The van der Waals surface area contributed by atoms with E-state index in [1.165, 1.54) is 24.8 Å². The number of hydrogen-bond donors (Lipinski definition) is 1. The summed E-state index contributed by atoms with van der Waals surface area (Å²) in [6.45, 7) is 5.81. The first-order chi connectivity index (χ1) is 15.1. The van der Waals surface area contributed by atoms with Gasteiger partial charge in [0.15, 0.2) is 6.61 Å². The summed E-state index contributed by atoms with van der Waals surface area (Å²) in [6.07, 6.45) is 4.86. The molecule has 0 atom stereocenters. The fourth-order valence-electron chi connectivity index (χ4n) is 4.19. The molecule has 6 heteroatoms. The maximum atomic E-state index is 12.5. The van der Waals surface area contributed by atoms with Gasteiger partial charge in [-0.1, -0.05) is 36.2 Å². The molecule has 2 aliphatic rings. The number of aryl methyl sites for hydroxylation is 2. The zero-order valence-electron chi connectivity index (χ0n) is 18.2. The minimum atomic E-state index is -0.0385. The van der Waals surface area contributed by atoms with E-state index in [-0.39, 0.29) is 18.4 Å². The highest BCUT2D eigenvalue weighted by Crippen LogP contribution is 2.34. The van der Waals surface area contributed by atoms with Gasteiger partial charge in [-0.2, -0.15) is 0 Å². The van der Waals surface area contributed by atoms with E-state index in [2.05, 4.69) is 41.4 Å². The number of fused-ring (bicyclic) bond motifs is 1. The fourth-order valence-corrected chi connectivity index (χ4v) is 4.19. The zero-order chi connectivity index (χ0) is 21.6. The number of carbonyl (C=O) groups is 2. The summed E-state index contributed by atoms with van der Waals surface area (Å²) < 4.78 is 5.62. The smallest absolute Gasteiger partial charge is 0.265 e. The van der Waals surface area contributed by atoms with Gasteiger partial charge in [-0.15, -0.1) is 0 Å². The lowest BCUT2D eigenvalue weighted by atomic mass is 10.1. The van der Waals surface area contributed by atoms with E-state index >= 15 is 0 Å². The van der Waals surface area contributed by atoms with Gasteiger partial charge < -0.3 is 19.9 Å². The number of anilines is 2. The van der Waals surface area contributed by atoms with Crippen LogP contribution in [0, 0.1) is 6.92 Å². The van der Waals surface area contributed by atoms with Gasteiger partial charge in [0.2, 0.25) is 5.91 Å². The van der Waals surface area contributed by atoms with Gasteiger partial charge in [0.05, 0.1) is 5.69 Å². The Morgan fingerprint density at radius 1 is 1.03 bits per heavy atom. The number of benzene rings is 2. The molecule has 2 aromatic rings. The normalized spacial score (nSPS) is 16.5. The lowest BCUT2D eigenvalue weighted by molar-refractivity contribution is -0.121. The highest BCUT2D eigenvalue weighted by molar-refractivity contribution is 5.99. The van der Waals surface area contributed by atoms with Crippen molar-refractivity contribution in [2.24, 2.45) is 0 Å². The van der Waals surface area contributed by atoms with Gasteiger partial charge >= 0.3 is 0 Å². The van der Waals surface area contributed by atoms with Crippen LogP contribution < -0.4 is 15.0 Å². The van der Waals surface area contributed by atoms with Crippen molar-refractivity contribution in [3.05, 3.63) is 53.6 Å². The largest absolute Gasteiger partial charge is 0.482 e. The van der Waals surface area contributed by atoms with Crippen LogP contribution in [-0.4, -0.2) is 49.5 Å². The maximum Gasteiger partial charge on any atom is 0.265 e. The number of amides is 2. The molecular weight excluding hydrogens is 390 g/mol. The van der Waals surface area contributed by atoms with Crippen molar-refractivity contribution in [3.63, 3.8) is 0 Å². The van der Waals surface area contributed by atoms with Crippen molar-refractivity contribution in [2.45, 2.75) is 39.0 Å². The molecule has 2 heterocycles. The zero-order valence-corrected chi connectivity index (χ0v) is 18.2. The standard InChI is InChI=1S/C25H31N3O3/c1-19-5-7-20(8-6-19)9-12-24(29)26-21-10-11-23-22(17-21)28(25(30)18-31-23)16-15-27-13-3-2-4-14-27/h5-8,10-11,17H,2-4,9,12-16,18H2,1H3,(H,26,29). The Morgan fingerprint density at radius 2 is 1.81 bits per heavy atom. The molecular formula is C25H31N3O3. The second kappa shape index (κ2) is 9.96. The number of ether oxygens (including phenoxy) is 1. The fraction of sp³-hybridized carbons (Fsp3) is 0.440. The summed E-state index contributed by atoms with van der Waals surface area (Å²) in [7, 11) is 0. The molecule has 2 aliphatic heterocycles. The summed E-state index contributed by atoms with van der Waals surface area (Å²) >= 11 is 0. The first-order valence-electron chi connectivity index (χ1n) is 11.2. The van der Waals surface area contributed by atoms with E-state index in [4.69, 9.17) is 4.74 Å². The Morgan fingerprint density at radius 3 is 2.58 bits per heavy atom. The average Bonchev–Trinajstić information content (AvgIpc) is 2.79. The predicted octanol–water partition coefficient (Wildman–Crippen LogP) is 3.78. The molecule has 2 amide bonds. The molecule has 1 N–H and O–H groups in total. The number of nitrogens with zero attached hydrogens (tertiary/aromatic N) is 2. The van der Waals surface area contributed by atoms with Gasteiger partial charge in [0, 0.05) is 25.2 Å². The number of piperidine rings is 1. The van der Waals surface area contributed by atoms with E-state index in [0.29, 0.717) is 30.8 Å². The Balaban J connectivity index is 1.38. The molecule has 0 unspecified atom stereocenters. The Kier molecular flexibility index (Phi) is 6.87. The minimum absolute atomic E-state index is 0.0349. The van der Waals surface area contributed by atoms with Crippen LogP contribution in [0.5, 0.6) is 5.75 Å². The molecule has 1 saturated heterocycles. The van der Waals surface area contributed by atoms with Gasteiger partial charge in [-0.05, 0) is 63.0 Å². The summed E-state index contributed by atoms with van der Waals surface area (Å²) in [5.41, 5.74) is 3.79. The topological polar surface area (TPSA) is 61.9 Å². The number of likely N-dealkylation sites (tertiary alicyclic amines) is 1. The van der Waals surface area contributed by atoms with E-state index in [0.717, 1.165) is 30.9 Å². The maximum absolute atomic E-state index is 12.5. The molecule has 0 radical (unpaired) electrons. The minimum Gasteiger partial charge on any atom is -0.482 e. The molecule has 1 fully saturated rings. The molecule has 0 saturated carbocycles. The number of rotatable bonds is 7. The predicted molar refractivity (Wildman–Crippen MR) is 123 cm³/mol. The van der Waals surface area contributed by atoms with Crippen LogP contribution in [0.15, 0.2) is 42.5 Å². The molecule has 6 nitrogen and oxygen atoms in total. The highest BCUT2D eigenvalue weighted by atomic mass is 16.5. The molecule has 0 spiro atoms. The van der Waals surface area contributed by atoms with E-state index in [1.54, 1.807) is 4.90 Å². The first-order valence-corrected chi connectivity index (χ1v) is 11.2. The van der Waals surface area contributed by atoms with E-state index in [1.807, 2.05) is 18.2 Å². The summed E-state index contributed by atoms with van der Waals surface area (Å²) in [5.74, 6) is 0.617. The molecule has 0 aromatic heterocycles. The van der Waals surface area contributed by atoms with Gasteiger partial charge in [0.25, 0.3) is 5.91 Å². The highest BCUT2D eigenvalue weighted by Gasteiger charge is 2.26. The monoisotopic (exact) mass is 421 g/mol. The molecule has 2 aromatic carbocycles. The van der Waals surface area contributed by atoms with Crippen molar-refractivity contribution >= 4 is 23.2 Å². The lowest BCUT2D eigenvalue weighted by Crippen LogP contribution is -2.44. The quantitative estimate of drug-likeness (QED) is 0.739. The second-order valence-electron chi connectivity index (χ2n) is 8.45. The van der Waals surface area contributed by atoms with Crippen LogP contribution in [0.3, 0.4) is 0 Å². The van der Waals surface area contributed by atoms with Crippen LogP contribution in [0.1, 0.15) is 36.8 Å². The van der Waals surface area contributed by atoms with Crippen molar-refractivity contribution in [2.75, 3.05) is 43.0 Å². The third-order valence-electron chi connectivity index (χ3n) is 6.04. The van der Waals surface area contributed by atoms with E-state index < -0.39 is 0 Å². The molecule has 164 valence electrons. The molecule has 0 aliphatic carbocycles. The Labute approximate surface area is 184 Å². The second-order valence-corrected chi connectivity index (χ2v) is 8.45. The number of hydrogen-bond acceptors (Lipinski definition) is 4. The van der Waals surface area contributed by atoms with Crippen LogP contribution in [0.2, 0.25) is 0 Å². The molecule has 0 bridgehead atoms. The summed E-state index contributed by atoms with van der Waals surface area (Å²) in [4.78, 5) is 29.2. The van der Waals surface area contributed by atoms with Crippen LogP contribution in [0.25, 0.3) is 0 Å². The third kappa shape index (κ3) is 5.64. The summed E-state index contributed by atoms with van der Waals surface area (Å²) in [6, 6.07) is 13.8. The van der Waals surface area contributed by atoms with Crippen LogP contribution >= 0.6 is 0 Å². The molecule has 31 heavy (non-hydrogen) atoms. The van der Waals surface area contributed by atoms with Crippen LogP contribution in [-0.2, 0) is 16.0 Å². The van der Waals surface area contributed by atoms with Gasteiger partial charge in [0.1, 0.15) is 5.75 Å². The molecule has 4 rings (SSSR count). The number of nitrogens with one attached hydrogen (secondary N) is 1. The van der Waals surface area contributed by atoms with Crippen LogP contribution in [0.4, 0.5) is 11.4 Å². The van der Waals surface area contributed by atoms with Crippen molar-refractivity contribution < 1.29 is 14.3 Å². The van der Waals surface area contributed by atoms with E-state index in [9.17, 15) is 9.59 Å². The third-order valence-corrected chi connectivity index (χ3v) is 6.04. The number of carbonyl (C=O) groups excluding carboxylic acids is 2. The Bertz CT molecular complexity index is 920. The average molecular weight is 422 g/mol. The van der Waals surface area contributed by atoms with Gasteiger partial charge in [-0.3, -0.25) is 9.59 Å². The first kappa shape index (κ1) is 21.4. The Hall–Kier alpha value is -2.86. The lowest BCUT2D eigenvalue weighted by Gasteiger charge is -2.33. The SMILES string of the molecule is Cc1ccc(CCC(=O)Nc2ccc3c(c2)N(CCN2CCCCC2)C(=O)CO3)cc1. The van der Waals surface area contributed by atoms with Crippen molar-refractivity contribution in [3.8, 4) is 5.75 Å².